The maximum absolute atomic E-state index is 11.1. The Labute approximate surface area is 109 Å². The molecule has 0 aliphatic carbocycles. The summed E-state index contributed by atoms with van der Waals surface area (Å²) in [5.41, 5.74) is 8.06. The van der Waals surface area contributed by atoms with E-state index in [2.05, 4.69) is 30.9 Å². The Bertz CT molecular complexity index is 758. The standard InChI is InChI=1S/C11H9BrN4O2/c12-8-4-14-10(16-8)9(13)5-1-2-7-6(3-5)15-11(17)18-7/h1-4,9H,13H2,(H,14,16)(H,15,17). The SMILES string of the molecule is NC(c1ccc2oc(=O)[nH]c2c1)c1ncc(Br)[nH]1. The molecule has 3 rings (SSSR count). The van der Waals surface area contributed by atoms with Crippen LogP contribution in [0.5, 0.6) is 0 Å². The maximum Gasteiger partial charge on any atom is 0.417 e. The summed E-state index contributed by atoms with van der Waals surface area (Å²) < 4.78 is 5.70. The van der Waals surface area contributed by atoms with Crippen molar-refractivity contribution in [2.45, 2.75) is 6.04 Å². The lowest BCUT2D eigenvalue weighted by Gasteiger charge is -2.08. The van der Waals surface area contributed by atoms with Gasteiger partial charge in [-0.3, -0.25) is 4.98 Å². The number of nitrogens with zero attached hydrogens (tertiary/aromatic N) is 1. The van der Waals surface area contributed by atoms with E-state index >= 15 is 0 Å². The van der Waals surface area contributed by atoms with Gasteiger partial charge in [-0.15, -0.1) is 0 Å². The van der Waals surface area contributed by atoms with Gasteiger partial charge in [-0.1, -0.05) is 6.07 Å². The summed E-state index contributed by atoms with van der Waals surface area (Å²) in [4.78, 5) is 20.8. The van der Waals surface area contributed by atoms with Crippen LogP contribution in [0.3, 0.4) is 0 Å². The first kappa shape index (κ1) is 11.2. The Hall–Kier alpha value is -1.86. The van der Waals surface area contributed by atoms with Gasteiger partial charge in [-0.05, 0) is 33.6 Å². The van der Waals surface area contributed by atoms with Gasteiger partial charge in [0.1, 0.15) is 10.4 Å². The van der Waals surface area contributed by atoms with E-state index in [4.69, 9.17) is 10.2 Å². The second kappa shape index (κ2) is 4.11. The number of benzene rings is 1. The Morgan fingerprint density at radius 2 is 2.22 bits per heavy atom. The van der Waals surface area contributed by atoms with Crippen molar-refractivity contribution in [3.8, 4) is 0 Å². The summed E-state index contributed by atoms with van der Waals surface area (Å²) in [5, 5.41) is 0. The number of imidazole rings is 1. The van der Waals surface area contributed by atoms with Gasteiger partial charge < -0.3 is 15.1 Å². The lowest BCUT2D eigenvalue weighted by atomic mass is 10.1. The van der Waals surface area contributed by atoms with Crippen molar-refractivity contribution >= 4 is 27.0 Å². The van der Waals surface area contributed by atoms with Crippen molar-refractivity contribution in [2.75, 3.05) is 0 Å². The fraction of sp³-hybridized carbons (Fsp3) is 0.0909. The van der Waals surface area contributed by atoms with E-state index in [-0.39, 0.29) is 6.04 Å². The number of hydrogen-bond acceptors (Lipinski definition) is 4. The lowest BCUT2D eigenvalue weighted by molar-refractivity contribution is 0.555. The fourth-order valence-electron chi connectivity index (χ4n) is 1.79. The topological polar surface area (TPSA) is 101 Å². The summed E-state index contributed by atoms with van der Waals surface area (Å²) >= 11 is 3.28. The highest BCUT2D eigenvalue weighted by molar-refractivity contribution is 9.10. The maximum atomic E-state index is 11.1. The van der Waals surface area contributed by atoms with Gasteiger partial charge in [-0.25, -0.2) is 9.78 Å². The van der Waals surface area contributed by atoms with E-state index in [1.165, 1.54) is 0 Å². The first-order valence-corrected chi connectivity index (χ1v) is 6.01. The Morgan fingerprint density at radius 3 is 2.94 bits per heavy atom. The van der Waals surface area contributed by atoms with E-state index in [0.717, 1.165) is 10.2 Å². The van der Waals surface area contributed by atoms with Crippen LogP contribution in [0.25, 0.3) is 11.1 Å². The summed E-state index contributed by atoms with van der Waals surface area (Å²) in [7, 11) is 0. The number of rotatable bonds is 2. The first-order chi connectivity index (χ1) is 8.63. The van der Waals surface area contributed by atoms with Crippen LogP contribution in [0.15, 0.2) is 38.2 Å². The summed E-state index contributed by atoms with van der Waals surface area (Å²) in [6.07, 6.45) is 1.65. The molecule has 7 heteroatoms. The van der Waals surface area contributed by atoms with E-state index in [1.807, 2.05) is 0 Å². The number of H-pyrrole nitrogens is 2. The first-order valence-electron chi connectivity index (χ1n) is 5.22. The fourth-order valence-corrected chi connectivity index (χ4v) is 2.10. The third-order valence-electron chi connectivity index (χ3n) is 2.66. The van der Waals surface area contributed by atoms with Crippen LogP contribution in [-0.4, -0.2) is 15.0 Å². The number of halogens is 1. The third-order valence-corrected chi connectivity index (χ3v) is 3.06. The van der Waals surface area contributed by atoms with Crippen molar-refractivity contribution in [2.24, 2.45) is 5.73 Å². The molecule has 0 fully saturated rings. The van der Waals surface area contributed by atoms with Crippen molar-refractivity contribution < 1.29 is 4.42 Å². The predicted molar refractivity (Wildman–Crippen MR) is 69.2 cm³/mol. The minimum absolute atomic E-state index is 0.390. The highest BCUT2D eigenvalue weighted by atomic mass is 79.9. The van der Waals surface area contributed by atoms with E-state index in [0.29, 0.717) is 16.9 Å². The van der Waals surface area contributed by atoms with Crippen LogP contribution >= 0.6 is 15.9 Å². The second-order valence-electron chi connectivity index (χ2n) is 3.86. The molecule has 2 heterocycles. The van der Waals surface area contributed by atoms with E-state index in [1.54, 1.807) is 24.4 Å². The summed E-state index contributed by atoms with van der Waals surface area (Å²) in [5.74, 6) is 0.170. The minimum Gasteiger partial charge on any atom is -0.408 e. The molecule has 0 aliphatic heterocycles. The molecular weight excluding hydrogens is 300 g/mol. The number of aromatic amines is 2. The van der Waals surface area contributed by atoms with Gasteiger partial charge >= 0.3 is 5.76 Å². The molecule has 1 aromatic carbocycles. The zero-order valence-corrected chi connectivity index (χ0v) is 10.7. The Balaban J connectivity index is 2.05. The van der Waals surface area contributed by atoms with Gasteiger partial charge in [0.25, 0.3) is 0 Å². The second-order valence-corrected chi connectivity index (χ2v) is 4.72. The molecule has 6 nitrogen and oxygen atoms in total. The molecule has 0 saturated heterocycles. The molecule has 0 saturated carbocycles. The normalized spacial score (nSPS) is 13.0. The number of aromatic nitrogens is 3. The van der Waals surface area contributed by atoms with Gasteiger partial charge in [0.05, 0.1) is 17.8 Å². The van der Waals surface area contributed by atoms with Crippen LogP contribution in [0.1, 0.15) is 17.4 Å². The summed E-state index contributed by atoms with van der Waals surface area (Å²) in [6.45, 7) is 0. The molecule has 2 aromatic heterocycles. The van der Waals surface area contributed by atoms with E-state index < -0.39 is 5.76 Å². The zero-order chi connectivity index (χ0) is 12.7. The summed E-state index contributed by atoms with van der Waals surface area (Å²) in [6, 6.07) is 4.90. The molecule has 1 unspecified atom stereocenters. The van der Waals surface area contributed by atoms with Gasteiger partial charge in [0, 0.05) is 0 Å². The van der Waals surface area contributed by atoms with Crippen molar-refractivity contribution in [3.63, 3.8) is 0 Å². The molecule has 3 aromatic rings. The molecule has 0 aliphatic rings. The van der Waals surface area contributed by atoms with Crippen molar-refractivity contribution in [1.29, 1.82) is 0 Å². The molecule has 0 radical (unpaired) electrons. The smallest absolute Gasteiger partial charge is 0.408 e. The Kier molecular flexibility index (Phi) is 2.57. The van der Waals surface area contributed by atoms with E-state index in [9.17, 15) is 4.79 Å². The number of fused-ring (bicyclic) bond motifs is 1. The zero-order valence-electron chi connectivity index (χ0n) is 9.11. The molecule has 0 spiro atoms. The largest absolute Gasteiger partial charge is 0.417 e. The van der Waals surface area contributed by atoms with Crippen LogP contribution in [0.2, 0.25) is 0 Å². The third kappa shape index (κ3) is 1.87. The number of hydrogen-bond donors (Lipinski definition) is 3. The molecule has 18 heavy (non-hydrogen) atoms. The van der Waals surface area contributed by atoms with Crippen LogP contribution < -0.4 is 11.5 Å². The van der Waals surface area contributed by atoms with Crippen LogP contribution in [0.4, 0.5) is 0 Å². The highest BCUT2D eigenvalue weighted by Gasteiger charge is 2.13. The number of nitrogens with one attached hydrogen (secondary N) is 2. The molecule has 92 valence electrons. The molecule has 1 atom stereocenters. The van der Waals surface area contributed by atoms with Crippen molar-refractivity contribution in [3.05, 3.63) is 50.9 Å². The predicted octanol–water partition coefficient (Wildman–Crippen LogP) is 1.65. The van der Waals surface area contributed by atoms with Gasteiger partial charge in [-0.2, -0.15) is 0 Å². The molecular formula is C11H9BrN4O2. The van der Waals surface area contributed by atoms with Crippen LogP contribution in [0, 0.1) is 0 Å². The van der Waals surface area contributed by atoms with Crippen molar-refractivity contribution in [1.82, 2.24) is 15.0 Å². The van der Waals surface area contributed by atoms with Gasteiger partial charge in [0.15, 0.2) is 5.58 Å². The number of oxazole rings is 1. The molecule has 0 bridgehead atoms. The monoisotopic (exact) mass is 308 g/mol. The minimum atomic E-state index is -0.475. The Morgan fingerprint density at radius 1 is 1.39 bits per heavy atom. The molecule has 4 N–H and O–H groups in total. The quantitative estimate of drug-likeness (QED) is 0.670. The highest BCUT2D eigenvalue weighted by Crippen LogP contribution is 2.21. The van der Waals surface area contributed by atoms with Gasteiger partial charge in [0.2, 0.25) is 0 Å². The molecule has 0 amide bonds. The van der Waals surface area contributed by atoms with Crippen LogP contribution in [-0.2, 0) is 0 Å². The average Bonchev–Trinajstić information content (AvgIpc) is 2.92. The lowest BCUT2D eigenvalue weighted by Crippen LogP contribution is -2.13. The average molecular weight is 309 g/mol. The number of nitrogens with two attached hydrogens (primary N) is 1.